The molecule has 0 saturated heterocycles. The molecule has 0 N–H and O–H groups in total. The van der Waals surface area contributed by atoms with E-state index in [2.05, 4.69) is 137 Å². The molecule has 0 heterocycles. The van der Waals surface area contributed by atoms with Gasteiger partial charge < -0.3 is 0 Å². The lowest BCUT2D eigenvalue weighted by molar-refractivity contribution is -0.110. The first-order valence-corrected chi connectivity index (χ1v) is 30.8. The highest BCUT2D eigenvalue weighted by Crippen LogP contribution is 2.43. The van der Waals surface area contributed by atoms with Crippen molar-refractivity contribution in [3.63, 3.8) is 0 Å². The SMILES string of the molecule is CC.CC(C)(C)C.CC(C)C.CC(F)(F)F.CC1(C)CC1.CC1CC1.CC1CCCC1.CC1CCCCC1.CC1CCCCCC1.CCC.CCCC.Cc1ccc(F)cc1.Cc1cccc(F)c1.Cc1ccccc1. The third kappa shape index (κ3) is 104. The number of rotatable bonds is 1. The molecule has 0 unspecified atom stereocenters. The summed E-state index contributed by atoms with van der Waals surface area (Å²) in [6.07, 6.45) is 28.1. The molecule has 450 valence electrons. The quantitative estimate of drug-likeness (QED) is 0.168. The fraction of sp³-hybridized carbons (Fsp3) is 0.746. The highest BCUT2D eigenvalue weighted by molar-refractivity contribution is 5.14. The van der Waals surface area contributed by atoms with Crippen LogP contribution < -0.4 is 0 Å². The molecule has 5 fully saturated rings. The second-order valence-electron chi connectivity index (χ2n) is 25.0. The third-order valence-corrected chi connectivity index (χ3v) is 11.2. The van der Waals surface area contributed by atoms with E-state index < -0.39 is 6.18 Å². The molecule has 0 bridgehead atoms. The van der Waals surface area contributed by atoms with Crippen molar-refractivity contribution in [2.45, 2.75) is 307 Å². The van der Waals surface area contributed by atoms with Crippen molar-refractivity contribution in [3.05, 3.63) is 107 Å². The number of aryl methyl sites for hydroxylation is 3. The molecule has 5 saturated carbocycles. The van der Waals surface area contributed by atoms with Crippen molar-refractivity contribution in [3.8, 4) is 0 Å². The Morgan fingerprint density at radius 2 is 0.697 bits per heavy atom. The van der Waals surface area contributed by atoms with E-state index >= 15 is 0 Å². The second-order valence-corrected chi connectivity index (χ2v) is 25.0. The molecular weight excluding hydrogens is 948 g/mol. The minimum absolute atomic E-state index is 0.162. The predicted octanol–water partition coefficient (Wildman–Crippen LogP) is 26.8. The smallest absolute Gasteiger partial charge is 0.207 e. The molecule has 0 aliphatic heterocycles. The van der Waals surface area contributed by atoms with E-state index in [9.17, 15) is 22.0 Å². The Bertz CT molecular complexity index is 1430. The first kappa shape index (κ1) is 84.6. The van der Waals surface area contributed by atoms with Crippen LogP contribution in [0.1, 0.15) is 296 Å². The number of hydrogen-bond donors (Lipinski definition) is 0. The predicted molar refractivity (Wildman–Crippen MR) is 337 cm³/mol. The summed E-state index contributed by atoms with van der Waals surface area (Å²) in [6, 6.07) is 23.2. The maximum atomic E-state index is 12.2. The Labute approximate surface area is 474 Å². The van der Waals surface area contributed by atoms with E-state index in [1.54, 1.807) is 18.2 Å². The third-order valence-electron chi connectivity index (χ3n) is 11.2. The first-order valence-electron chi connectivity index (χ1n) is 30.8. The van der Waals surface area contributed by atoms with Gasteiger partial charge in [-0.15, -0.1) is 0 Å². The number of hydrogen-bond acceptors (Lipinski definition) is 0. The standard InChI is InChI=1S/C8H16.2C7H7F.C7H14.C7H8.C6H12.C5H10.C5H12.C4H8.2C4H10.C3H8.C2H3F3.C2H6/c1-8-6-4-2-3-5-7-8;1-6-2-4-7(8)5-3-6;1-6-3-2-4-7(8)5-6;2*1-7-5-3-2-4-6-7;1-6-4-2-3-5-6;1-5(2)3-4-5;1-5(2,3)4;1-4-2-3-4;1-4(2)3;1-3-4-2;1-3-2;1-2(3,4)5;1-2/h8H,2-7H2,1H3;2*2-5H,1H3;7H,2-6H2,1H3;2-6H,1H3;6H,2-5H2,1H3;3-4H2,1-2H3;1-4H3;4H,2-3H2,1H3;4H,1-3H3;3-4H2,1-2H3;3H2,1-2H3;1H3;1-2H3. The fourth-order valence-corrected chi connectivity index (χ4v) is 6.01. The van der Waals surface area contributed by atoms with Gasteiger partial charge in [0.1, 0.15) is 11.6 Å². The summed E-state index contributed by atoms with van der Waals surface area (Å²) in [5.74, 6) is 4.69. The zero-order chi connectivity index (χ0) is 60.0. The van der Waals surface area contributed by atoms with Gasteiger partial charge in [0.2, 0.25) is 0 Å². The topological polar surface area (TPSA) is 0 Å². The van der Waals surface area contributed by atoms with Crippen molar-refractivity contribution in [2.75, 3.05) is 0 Å². The highest BCUT2D eigenvalue weighted by atomic mass is 19.4. The van der Waals surface area contributed by atoms with Crippen molar-refractivity contribution < 1.29 is 22.0 Å². The summed E-state index contributed by atoms with van der Waals surface area (Å²) in [4.78, 5) is 0. The van der Waals surface area contributed by atoms with Crippen LogP contribution in [0.25, 0.3) is 0 Å². The maximum absolute atomic E-state index is 12.2. The van der Waals surface area contributed by atoms with Gasteiger partial charge in [-0.3, -0.25) is 0 Å². The van der Waals surface area contributed by atoms with Crippen molar-refractivity contribution in [1.82, 2.24) is 0 Å². The Morgan fingerprint density at radius 1 is 0.447 bits per heavy atom. The monoisotopic (exact) mass is 1080 g/mol. The van der Waals surface area contributed by atoms with Gasteiger partial charge in [-0.2, -0.15) is 13.2 Å². The number of halogens is 5. The summed E-state index contributed by atoms with van der Waals surface area (Å²) in [7, 11) is 0. The second kappa shape index (κ2) is 57.0. The molecule has 0 atom stereocenters. The van der Waals surface area contributed by atoms with Gasteiger partial charge in [0.25, 0.3) is 0 Å². The minimum Gasteiger partial charge on any atom is -0.207 e. The molecule has 0 nitrogen and oxygen atoms in total. The summed E-state index contributed by atoms with van der Waals surface area (Å²) in [5.41, 5.74) is 4.62. The number of benzene rings is 3. The maximum Gasteiger partial charge on any atom is 0.386 e. The van der Waals surface area contributed by atoms with E-state index in [1.807, 2.05) is 52.0 Å². The summed E-state index contributed by atoms with van der Waals surface area (Å²) >= 11 is 0. The molecule has 5 aliphatic rings. The minimum atomic E-state index is -4.00. The Kier molecular flexibility index (Phi) is 63.5. The van der Waals surface area contributed by atoms with Gasteiger partial charge in [0, 0.05) is 6.92 Å². The van der Waals surface area contributed by atoms with E-state index in [-0.39, 0.29) is 18.6 Å². The summed E-state index contributed by atoms with van der Waals surface area (Å²) in [6.45, 7) is 47.9. The molecule has 0 radical (unpaired) electrons. The van der Waals surface area contributed by atoms with Gasteiger partial charge in [-0.25, -0.2) is 8.78 Å². The van der Waals surface area contributed by atoms with E-state index in [1.165, 1.54) is 171 Å². The van der Waals surface area contributed by atoms with Crippen LogP contribution in [-0.4, -0.2) is 6.18 Å². The Hall–Kier alpha value is -2.69. The molecule has 8 rings (SSSR count). The van der Waals surface area contributed by atoms with Crippen LogP contribution in [0.2, 0.25) is 0 Å². The fourth-order valence-electron chi connectivity index (χ4n) is 6.01. The molecule has 0 aromatic heterocycles. The average molecular weight is 1080 g/mol. The van der Waals surface area contributed by atoms with Gasteiger partial charge in [0.05, 0.1) is 0 Å². The molecular formula is C71H131F5. The normalized spacial score (nSPS) is 15.9. The largest absolute Gasteiger partial charge is 0.386 e. The van der Waals surface area contributed by atoms with Gasteiger partial charge >= 0.3 is 6.18 Å². The van der Waals surface area contributed by atoms with Crippen LogP contribution in [0.4, 0.5) is 22.0 Å². The molecule has 0 spiro atoms. The molecule has 5 aliphatic carbocycles. The molecule has 3 aromatic carbocycles. The van der Waals surface area contributed by atoms with E-state index in [0.717, 1.165) is 46.1 Å². The number of unbranched alkanes of at least 4 members (excludes halogenated alkanes) is 1. The summed E-state index contributed by atoms with van der Waals surface area (Å²) < 4.78 is 55.3. The van der Waals surface area contributed by atoms with Crippen LogP contribution in [-0.2, 0) is 0 Å². The van der Waals surface area contributed by atoms with E-state index in [0.29, 0.717) is 5.41 Å². The van der Waals surface area contributed by atoms with Crippen LogP contribution in [0, 0.1) is 72.8 Å². The van der Waals surface area contributed by atoms with Crippen molar-refractivity contribution >= 4 is 0 Å². The lowest BCUT2D eigenvalue weighted by atomic mass is 9.91. The van der Waals surface area contributed by atoms with Crippen LogP contribution in [0.5, 0.6) is 0 Å². The Balaban J connectivity index is -0.000000176. The zero-order valence-electron chi connectivity index (χ0n) is 54.8. The average Bonchev–Trinajstić information content (AvgIpc) is 4.24. The Morgan fingerprint density at radius 3 is 0.868 bits per heavy atom. The van der Waals surface area contributed by atoms with Crippen LogP contribution in [0.15, 0.2) is 78.9 Å². The zero-order valence-corrected chi connectivity index (χ0v) is 54.8. The highest BCUT2D eigenvalue weighted by Gasteiger charge is 2.30. The van der Waals surface area contributed by atoms with Crippen molar-refractivity contribution in [1.29, 1.82) is 0 Å². The molecule has 0 amide bonds. The van der Waals surface area contributed by atoms with Gasteiger partial charge in [-0.05, 0) is 104 Å². The number of alkyl halides is 3. The molecule has 5 heteroatoms. The summed E-state index contributed by atoms with van der Waals surface area (Å²) in [5, 5.41) is 0. The first-order chi connectivity index (χ1) is 35.3. The molecule has 76 heavy (non-hydrogen) atoms. The van der Waals surface area contributed by atoms with Crippen LogP contribution >= 0.6 is 0 Å². The van der Waals surface area contributed by atoms with Crippen LogP contribution in [0.3, 0.4) is 0 Å². The van der Waals surface area contributed by atoms with E-state index in [4.69, 9.17) is 0 Å². The van der Waals surface area contributed by atoms with Gasteiger partial charge in [-0.1, -0.05) is 326 Å². The molecule has 3 aromatic rings. The lowest BCUT2D eigenvalue weighted by Gasteiger charge is -2.15. The van der Waals surface area contributed by atoms with Crippen molar-refractivity contribution in [2.24, 2.45) is 40.4 Å². The lowest BCUT2D eigenvalue weighted by Crippen LogP contribution is -1.99. The van der Waals surface area contributed by atoms with Gasteiger partial charge in [0.15, 0.2) is 0 Å².